The maximum absolute atomic E-state index is 12.1. The first-order chi connectivity index (χ1) is 13.9. The number of hydrogen-bond donors (Lipinski definition) is 1. The molecule has 2 aromatic carbocycles. The molecule has 1 atom stereocenters. The van der Waals surface area contributed by atoms with E-state index in [2.05, 4.69) is 5.32 Å². The summed E-state index contributed by atoms with van der Waals surface area (Å²) in [5.74, 6) is -0.214. The van der Waals surface area contributed by atoms with Gasteiger partial charge in [0.1, 0.15) is 6.07 Å². The van der Waals surface area contributed by atoms with Crippen LogP contribution in [0.4, 0.5) is 5.69 Å². The van der Waals surface area contributed by atoms with Crippen LogP contribution in [0, 0.1) is 18.3 Å². The monoisotopic (exact) mass is 394 g/mol. The molecular formula is C22H22N2O5. The molecule has 0 aliphatic carbocycles. The maximum atomic E-state index is 12.1. The normalized spacial score (nSPS) is 11.4. The van der Waals surface area contributed by atoms with Gasteiger partial charge >= 0.3 is 5.97 Å². The average molecular weight is 394 g/mol. The van der Waals surface area contributed by atoms with Gasteiger partial charge in [-0.1, -0.05) is 23.8 Å². The lowest BCUT2D eigenvalue weighted by Crippen LogP contribution is -2.29. The molecule has 0 aromatic heterocycles. The lowest BCUT2D eigenvalue weighted by molar-refractivity contribution is -0.148. The lowest BCUT2D eigenvalue weighted by Gasteiger charge is -2.12. The summed E-state index contributed by atoms with van der Waals surface area (Å²) in [4.78, 5) is 24.2. The first kappa shape index (κ1) is 21.5. The number of nitrogens with zero attached hydrogens (tertiary/aromatic N) is 1. The first-order valence-electron chi connectivity index (χ1n) is 8.87. The summed E-state index contributed by atoms with van der Waals surface area (Å²) in [7, 11) is 1.48. The van der Waals surface area contributed by atoms with Gasteiger partial charge < -0.3 is 19.5 Å². The van der Waals surface area contributed by atoms with Crippen molar-refractivity contribution in [3.8, 4) is 17.6 Å². The molecule has 29 heavy (non-hydrogen) atoms. The highest BCUT2D eigenvalue weighted by atomic mass is 16.5. The summed E-state index contributed by atoms with van der Waals surface area (Å²) < 4.78 is 15.6. The van der Waals surface area contributed by atoms with Gasteiger partial charge in [0.2, 0.25) is 0 Å². The number of rotatable bonds is 8. The molecule has 7 heteroatoms. The zero-order valence-corrected chi connectivity index (χ0v) is 16.5. The fraction of sp³-hybridized carbons (Fsp3) is 0.227. The van der Waals surface area contributed by atoms with Crippen molar-refractivity contribution in [2.75, 3.05) is 19.0 Å². The van der Waals surface area contributed by atoms with E-state index < -0.39 is 18.0 Å². The van der Waals surface area contributed by atoms with Crippen molar-refractivity contribution in [3.05, 3.63) is 59.7 Å². The molecule has 0 aliphatic rings. The molecule has 0 unspecified atom stereocenters. The second kappa shape index (κ2) is 10.5. The second-order valence-corrected chi connectivity index (χ2v) is 6.12. The smallest absolute Gasteiger partial charge is 0.331 e. The zero-order valence-electron chi connectivity index (χ0n) is 16.5. The van der Waals surface area contributed by atoms with Gasteiger partial charge in [-0.05, 0) is 49.8 Å². The Morgan fingerprint density at radius 1 is 1.17 bits per heavy atom. The summed E-state index contributed by atoms with van der Waals surface area (Å²) in [5, 5.41) is 11.3. The maximum Gasteiger partial charge on any atom is 0.331 e. The third-order valence-corrected chi connectivity index (χ3v) is 3.87. The predicted molar refractivity (Wildman–Crippen MR) is 108 cm³/mol. The third-order valence-electron chi connectivity index (χ3n) is 3.87. The summed E-state index contributed by atoms with van der Waals surface area (Å²) in [6, 6.07) is 14.2. The van der Waals surface area contributed by atoms with Gasteiger partial charge in [-0.25, -0.2) is 4.79 Å². The summed E-state index contributed by atoms with van der Waals surface area (Å²) in [6.45, 7) is 3.35. The summed E-state index contributed by atoms with van der Waals surface area (Å²) in [6.07, 6.45) is 1.80. The average Bonchev–Trinajstić information content (AvgIpc) is 2.72. The van der Waals surface area contributed by atoms with Gasteiger partial charge in [0.05, 0.1) is 7.11 Å². The highest BCUT2D eigenvalue weighted by Crippen LogP contribution is 2.28. The predicted octanol–water partition coefficient (Wildman–Crippen LogP) is 3.49. The van der Waals surface area contributed by atoms with Crippen LogP contribution in [0.25, 0.3) is 6.08 Å². The van der Waals surface area contributed by atoms with Gasteiger partial charge in [0, 0.05) is 11.8 Å². The number of nitrogens with one attached hydrogen (secondary N) is 1. The Labute approximate surface area is 169 Å². The number of carbonyl (C=O) groups is 2. The van der Waals surface area contributed by atoms with E-state index in [-0.39, 0.29) is 6.61 Å². The first-order valence-corrected chi connectivity index (χ1v) is 8.87. The molecule has 0 fully saturated rings. The van der Waals surface area contributed by atoms with E-state index in [0.29, 0.717) is 22.7 Å². The van der Waals surface area contributed by atoms with Crippen LogP contribution in [0.2, 0.25) is 0 Å². The number of nitriles is 1. The number of carbonyl (C=O) groups excluding carboxylic acids is 2. The number of methoxy groups -OCH3 is 1. The Balaban J connectivity index is 1.93. The van der Waals surface area contributed by atoms with E-state index >= 15 is 0 Å². The molecule has 1 N–H and O–H groups in total. The van der Waals surface area contributed by atoms with E-state index in [1.54, 1.807) is 30.3 Å². The minimum atomic E-state index is -0.954. The van der Waals surface area contributed by atoms with Crippen molar-refractivity contribution in [2.24, 2.45) is 0 Å². The van der Waals surface area contributed by atoms with Gasteiger partial charge in [-0.15, -0.1) is 0 Å². The molecule has 0 radical (unpaired) electrons. The molecule has 150 valence electrons. The fourth-order valence-electron chi connectivity index (χ4n) is 2.33. The van der Waals surface area contributed by atoms with E-state index in [1.807, 2.05) is 25.1 Å². The standard InChI is InChI=1S/C22H22N2O5/c1-15-4-8-18(9-5-15)24-22(26)16(2)29-21(25)11-7-17-6-10-19(28-13-12-23)20(14-17)27-3/h4-11,14,16H,13H2,1-3H3,(H,24,26)/b11-7+/t16-/m0/s1. The zero-order chi connectivity index (χ0) is 21.2. The minimum absolute atomic E-state index is 0.0968. The van der Waals surface area contributed by atoms with Crippen molar-refractivity contribution in [3.63, 3.8) is 0 Å². The SMILES string of the molecule is COc1cc(/C=C/C(=O)O[C@@H](C)C(=O)Nc2ccc(C)cc2)ccc1OCC#N. The number of esters is 1. The molecule has 0 saturated heterocycles. The van der Waals surface area contributed by atoms with Crippen LogP contribution in [0.15, 0.2) is 48.5 Å². The topological polar surface area (TPSA) is 97.7 Å². The molecule has 2 rings (SSSR count). The Kier molecular flexibility index (Phi) is 7.80. The van der Waals surface area contributed by atoms with Crippen molar-refractivity contribution in [2.45, 2.75) is 20.0 Å². The molecule has 0 spiro atoms. The molecule has 1 amide bonds. The van der Waals surface area contributed by atoms with E-state index in [1.165, 1.54) is 26.2 Å². The van der Waals surface area contributed by atoms with E-state index in [0.717, 1.165) is 5.56 Å². The van der Waals surface area contributed by atoms with Crippen LogP contribution in [0.3, 0.4) is 0 Å². The number of ether oxygens (including phenoxy) is 3. The Morgan fingerprint density at radius 2 is 1.90 bits per heavy atom. The number of aryl methyl sites for hydroxylation is 1. The van der Waals surface area contributed by atoms with Crippen molar-refractivity contribution in [1.29, 1.82) is 5.26 Å². The second-order valence-electron chi connectivity index (χ2n) is 6.12. The van der Waals surface area contributed by atoms with Gasteiger partial charge in [-0.2, -0.15) is 5.26 Å². The van der Waals surface area contributed by atoms with Crippen molar-refractivity contribution >= 4 is 23.6 Å². The molecule has 2 aromatic rings. The molecule has 0 heterocycles. The quantitative estimate of drug-likeness (QED) is 0.544. The molecule has 0 aliphatic heterocycles. The minimum Gasteiger partial charge on any atom is -0.493 e. The number of anilines is 1. The third kappa shape index (κ3) is 6.70. The highest BCUT2D eigenvalue weighted by molar-refractivity contribution is 5.96. The molecule has 0 bridgehead atoms. The Hall–Kier alpha value is -3.79. The number of hydrogen-bond acceptors (Lipinski definition) is 6. The largest absolute Gasteiger partial charge is 0.493 e. The lowest BCUT2D eigenvalue weighted by atomic mass is 10.2. The van der Waals surface area contributed by atoms with Crippen LogP contribution in [0.1, 0.15) is 18.1 Å². The van der Waals surface area contributed by atoms with Crippen molar-refractivity contribution < 1.29 is 23.8 Å². The van der Waals surface area contributed by atoms with Crippen LogP contribution in [-0.2, 0) is 14.3 Å². The molecule has 7 nitrogen and oxygen atoms in total. The summed E-state index contributed by atoms with van der Waals surface area (Å²) >= 11 is 0. The van der Waals surface area contributed by atoms with Crippen molar-refractivity contribution in [1.82, 2.24) is 0 Å². The fourth-order valence-corrected chi connectivity index (χ4v) is 2.33. The van der Waals surface area contributed by atoms with Gasteiger partial charge in [0.15, 0.2) is 24.2 Å². The van der Waals surface area contributed by atoms with Crippen LogP contribution < -0.4 is 14.8 Å². The van der Waals surface area contributed by atoms with E-state index in [4.69, 9.17) is 19.5 Å². The molecule has 0 saturated carbocycles. The van der Waals surface area contributed by atoms with Gasteiger partial charge in [-0.3, -0.25) is 4.79 Å². The van der Waals surface area contributed by atoms with Gasteiger partial charge in [0.25, 0.3) is 5.91 Å². The number of amides is 1. The van der Waals surface area contributed by atoms with Crippen LogP contribution in [-0.4, -0.2) is 31.7 Å². The Morgan fingerprint density at radius 3 is 2.55 bits per heavy atom. The molecular weight excluding hydrogens is 372 g/mol. The highest BCUT2D eigenvalue weighted by Gasteiger charge is 2.16. The van der Waals surface area contributed by atoms with Crippen LogP contribution >= 0.6 is 0 Å². The summed E-state index contributed by atoms with van der Waals surface area (Å²) in [5.41, 5.74) is 2.37. The Bertz CT molecular complexity index is 929. The van der Waals surface area contributed by atoms with Crippen LogP contribution in [0.5, 0.6) is 11.5 Å². The number of benzene rings is 2. The van der Waals surface area contributed by atoms with E-state index in [9.17, 15) is 9.59 Å².